The summed E-state index contributed by atoms with van der Waals surface area (Å²) in [5, 5.41) is 6.10. The van der Waals surface area contributed by atoms with Gasteiger partial charge in [0.05, 0.1) is 5.03 Å². The topological polar surface area (TPSA) is 48.6 Å². The molecule has 2 N–H and O–H groups in total. The Morgan fingerprint density at radius 3 is 2.46 bits per heavy atom. The van der Waals surface area contributed by atoms with Crippen molar-refractivity contribution in [1.82, 2.24) is 10.2 Å². The third-order valence-corrected chi connectivity index (χ3v) is 2.49. The summed E-state index contributed by atoms with van der Waals surface area (Å²) in [5.41, 5.74) is -0.0987. The summed E-state index contributed by atoms with van der Waals surface area (Å²) in [6.07, 6.45) is 0. The summed E-state index contributed by atoms with van der Waals surface area (Å²) in [5.74, 6) is 0. The van der Waals surface area contributed by atoms with E-state index in [-0.39, 0.29) is 5.56 Å². The van der Waals surface area contributed by atoms with E-state index in [2.05, 4.69) is 10.2 Å². The van der Waals surface area contributed by atoms with Crippen molar-refractivity contribution in [3.63, 3.8) is 0 Å². The molecule has 1 aromatic carbocycles. The fourth-order valence-electron chi connectivity index (χ4n) is 0.985. The first-order valence-electron chi connectivity index (χ1n) is 3.85. The van der Waals surface area contributed by atoms with Crippen molar-refractivity contribution in [2.75, 3.05) is 0 Å². The number of benzene rings is 1. The van der Waals surface area contributed by atoms with Crippen molar-refractivity contribution < 1.29 is 0 Å². The fourth-order valence-corrected chi connectivity index (χ4v) is 1.80. The van der Waals surface area contributed by atoms with Gasteiger partial charge in [-0.15, -0.1) is 0 Å². The van der Waals surface area contributed by atoms with E-state index >= 15 is 0 Å². The lowest BCUT2D eigenvalue weighted by molar-refractivity contribution is 0.985. The highest BCUT2D eigenvalue weighted by Crippen LogP contribution is 2.23. The van der Waals surface area contributed by atoms with Crippen molar-refractivity contribution in [2.45, 2.75) is 9.92 Å². The molecule has 4 heteroatoms. The minimum atomic E-state index is -0.0987. The van der Waals surface area contributed by atoms with Crippen LogP contribution in [0.3, 0.4) is 0 Å². The van der Waals surface area contributed by atoms with Gasteiger partial charge >= 0.3 is 0 Å². The van der Waals surface area contributed by atoms with Crippen LogP contribution in [0.5, 0.6) is 0 Å². The SMILES string of the molecule is O=c1cc(Sc2ccccc2)[nH][nH]1. The Bertz CT molecular complexity index is 432. The van der Waals surface area contributed by atoms with Gasteiger partial charge in [-0.25, -0.2) is 0 Å². The maximum Gasteiger partial charge on any atom is 0.265 e. The second kappa shape index (κ2) is 3.53. The normalized spacial score (nSPS) is 10.2. The van der Waals surface area contributed by atoms with Crippen LogP contribution in [0.1, 0.15) is 0 Å². The predicted octanol–water partition coefficient (Wildman–Crippen LogP) is 1.85. The van der Waals surface area contributed by atoms with E-state index in [0.29, 0.717) is 0 Å². The second-order valence-electron chi connectivity index (χ2n) is 2.54. The molecule has 0 unspecified atom stereocenters. The van der Waals surface area contributed by atoms with Crippen molar-refractivity contribution in [1.29, 1.82) is 0 Å². The van der Waals surface area contributed by atoms with Crippen molar-refractivity contribution in [2.24, 2.45) is 0 Å². The molecule has 0 saturated carbocycles. The molecule has 13 heavy (non-hydrogen) atoms. The number of nitrogens with one attached hydrogen (secondary N) is 2. The van der Waals surface area contributed by atoms with E-state index < -0.39 is 0 Å². The lowest BCUT2D eigenvalue weighted by atomic mass is 10.4. The molecule has 0 atom stereocenters. The molecule has 0 bridgehead atoms. The van der Waals surface area contributed by atoms with Crippen molar-refractivity contribution >= 4 is 11.8 Å². The molecule has 0 aliphatic rings. The molecule has 0 radical (unpaired) electrons. The fraction of sp³-hybridized carbons (Fsp3) is 0. The van der Waals surface area contributed by atoms with Crippen LogP contribution in [-0.2, 0) is 0 Å². The average Bonchev–Trinajstić information content (AvgIpc) is 2.53. The molecular weight excluding hydrogens is 184 g/mol. The third-order valence-electron chi connectivity index (χ3n) is 1.54. The molecule has 0 aliphatic heterocycles. The number of rotatable bonds is 2. The minimum Gasteiger partial charge on any atom is -0.291 e. The van der Waals surface area contributed by atoms with Crippen LogP contribution in [0.4, 0.5) is 0 Å². The maximum absolute atomic E-state index is 10.8. The molecule has 2 aromatic rings. The van der Waals surface area contributed by atoms with E-state index in [1.165, 1.54) is 17.8 Å². The summed E-state index contributed by atoms with van der Waals surface area (Å²) in [6.45, 7) is 0. The van der Waals surface area contributed by atoms with Crippen LogP contribution in [0, 0.1) is 0 Å². The zero-order chi connectivity index (χ0) is 9.10. The lowest BCUT2D eigenvalue weighted by Gasteiger charge is -1.95. The third kappa shape index (κ3) is 2.03. The molecule has 0 aliphatic carbocycles. The molecule has 0 saturated heterocycles. The quantitative estimate of drug-likeness (QED) is 0.763. The molecule has 0 fully saturated rings. The van der Waals surface area contributed by atoms with Gasteiger partial charge in [0.2, 0.25) is 0 Å². The van der Waals surface area contributed by atoms with Crippen LogP contribution in [0.25, 0.3) is 0 Å². The molecule has 0 amide bonds. The summed E-state index contributed by atoms with van der Waals surface area (Å²) >= 11 is 1.52. The average molecular weight is 192 g/mol. The van der Waals surface area contributed by atoms with E-state index in [4.69, 9.17) is 0 Å². The summed E-state index contributed by atoms with van der Waals surface area (Å²) in [7, 11) is 0. The van der Waals surface area contributed by atoms with Gasteiger partial charge in [-0.3, -0.25) is 15.0 Å². The van der Waals surface area contributed by atoms with Crippen LogP contribution >= 0.6 is 11.8 Å². The van der Waals surface area contributed by atoms with Gasteiger partial charge in [0.25, 0.3) is 5.56 Å². The number of aromatic nitrogens is 2. The largest absolute Gasteiger partial charge is 0.291 e. The maximum atomic E-state index is 10.8. The molecule has 66 valence electrons. The first-order chi connectivity index (χ1) is 6.34. The highest BCUT2D eigenvalue weighted by molar-refractivity contribution is 7.99. The van der Waals surface area contributed by atoms with E-state index in [0.717, 1.165) is 9.92 Å². The summed E-state index contributed by atoms with van der Waals surface area (Å²) in [6, 6.07) is 11.4. The zero-order valence-corrected chi connectivity index (χ0v) is 7.60. The summed E-state index contributed by atoms with van der Waals surface area (Å²) in [4.78, 5) is 11.9. The Labute approximate surface area is 79.2 Å². The van der Waals surface area contributed by atoms with E-state index in [9.17, 15) is 4.79 Å². The first kappa shape index (κ1) is 8.19. The number of H-pyrrole nitrogens is 2. The van der Waals surface area contributed by atoms with E-state index in [1.54, 1.807) is 0 Å². The van der Waals surface area contributed by atoms with Gasteiger partial charge in [0, 0.05) is 11.0 Å². The van der Waals surface area contributed by atoms with Gasteiger partial charge in [-0.1, -0.05) is 30.0 Å². The number of aromatic amines is 2. The Morgan fingerprint density at radius 2 is 1.85 bits per heavy atom. The molecule has 1 heterocycles. The van der Waals surface area contributed by atoms with Gasteiger partial charge < -0.3 is 0 Å². The van der Waals surface area contributed by atoms with Crippen LogP contribution in [-0.4, -0.2) is 10.2 Å². The zero-order valence-electron chi connectivity index (χ0n) is 6.78. The number of hydrogen-bond acceptors (Lipinski definition) is 2. The monoisotopic (exact) mass is 192 g/mol. The van der Waals surface area contributed by atoms with Gasteiger partial charge in [0.1, 0.15) is 0 Å². The van der Waals surface area contributed by atoms with E-state index in [1.807, 2.05) is 30.3 Å². The second-order valence-corrected chi connectivity index (χ2v) is 3.65. The Kier molecular flexibility index (Phi) is 2.23. The smallest absolute Gasteiger partial charge is 0.265 e. The minimum absolute atomic E-state index is 0.0987. The van der Waals surface area contributed by atoms with Crippen LogP contribution < -0.4 is 5.56 Å². The lowest BCUT2D eigenvalue weighted by Crippen LogP contribution is -1.93. The van der Waals surface area contributed by atoms with Crippen LogP contribution in [0.15, 0.2) is 51.1 Å². The molecular formula is C9H8N2OS. The standard InChI is InChI=1S/C9H8N2OS/c12-8-6-9(11-10-8)13-7-4-2-1-3-5-7/h1-6H,(H2,10,11,12). The highest BCUT2D eigenvalue weighted by atomic mass is 32.2. The Balaban J connectivity index is 2.20. The molecule has 1 aromatic heterocycles. The molecule has 2 rings (SSSR count). The van der Waals surface area contributed by atoms with Gasteiger partial charge in [-0.2, -0.15) is 0 Å². The molecule has 0 spiro atoms. The van der Waals surface area contributed by atoms with Gasteiger partial charge in [-0.05, 0) is 12.1 Å². The first-order valence-corrected chi connectivity index (χ1v) is 4.67. The van der Waals surface area contributed by atoms with Crippen molar-refractivity contribution in [3.05, 3.63) is 46.8 Å². The van der Waals surface area contributed by atoms with Crippen LogP contribution in [0.2, 0.25) is 0 Å². The Morgan fingerprint density at radius 1 is 1.08 bits per heavy atom. The molecule has 3 nitrogen and oxygen atoms in total. The number of hydrogen-bond donors (Lipinski definition) is 2. The van der Waals surface area contributed by atoms with Gasteiger partial charge in [0.15, 0.2) is 0 Å². The predicted molar refractivity (Wildman–Crippen MR) is 52.0 cm³/mol. The van der Waals surface area contributed by atoms with Crippen molar-refractivity contribution in [3.8, 4) is 0 Å². The highest BCUT2D eigenvalue weighted by Gasteiger charge is 1.97. The summed E-state index contributed by atoms with van der Waals surface area (Å²) < 4.78 is 0. The Hall–Kier alpha value is -1.42.